The standard InChI is InChI=1S/C65H82N4O6/c1-8-12-16-20-24-45(25-21-17-13-9-2)68-60(70)50-35-32-47-48-33-36-52-58-54(63(73)69(62(52)72)46(26-22-18-14-10-3)27-23-19-15-11-4)42-53(56(59(48)58)49-34-37-51(61(68)71)57(50)55(47)49)43-28-30-44(31-29-43)66-38-40-67(41-39-66)64(74)75-65(5,6)7/h28-37,42,45-46H,8-27,38-41H2,1-7H3. The van der Waals surface area contributed by atoms with Gasteiger partial charge in [0.25, 0.3) is 23.6 Å². The number of fused-ring (bicyclic) bond motifs is 2. The molecule has 0 aliphatic carbocycles. The maximum atomic E-state index is 15.5. The molecule has 75 heavy (non-hydrogen) atoms. The molecule has 0 N–H and O–H groups in total. The number of imide groups is 2. The highest BCUT2D eigenvalue weighted by atomic mass is 16.6. The topological polar surface area (TPSA) is 108 Å². The van der Waals surface area contributed by atoms with E-state index >= 15 is 19.2 Å². The molecule has 6 aromatic rings. The van der Waals surface area contributed by atoms with Gasteiger partial charge >= 0.3 is 6.09 Å². The van der Waals surface area contributed by atoms with Gasteiger partial charge in [-0.25, -0.2) is 4.79 Å². The van der Waals surface area contributed by atoms with Gasteiger partial charge in [0.15, 0.2) is 0 Å². The average Bonchev–Trinajstić information content (AvgIpc) is 3.48. The number of ether oxygens (including phenoxy) is 1. The lowest BCUT2D eigenvalue weighted by Crippen LogP contribution is -2.50. The van der Waals surface area contributed by atoms with Gasteiger partial charge in [0.05, 0.1) is 0 Å². The van der Waals surface area contributed by atoms with Crippen molar-refractivity contribution >= 4 is 78.5 Å². The van der Waals surface area contributed by atoms with Crippen molar-refractivity contribution in [2.45, 2.75) is 195 Å². The molecular formula is C65H82N4O6. The van der Waals surface area contributed by atoms with Crippen LogP contribution in [-0.4, -0.2) is 88.3 Å². The number of rotatable bonds is 24. The Morgan fingerprint density at radius 1 is 0.453 bits per heavy atom. The lowest BCUT2D eigenvalue weighted by Gasteiger charge is -2.37. The van der Waals surface area contributed by atoms with E-state index in [1.165, 1.54) is 0 Å². The third-order valence-corrected chi connectivity index (χ3v) is 16.6. The number of unbranched alkanes of at least 4 members (excludes halogenated alkanes) is 12. The Kier molecular flexibility index (Phi) is 16.8. The van der Waals surface area contributed by atoms with Gasteiger partial charge < -0.3 is 14.5 Å². The van der Waals surface area contributed by atoms with Crippen LogP contribution in [0.3, 0.4) is 0 Å². The van der Waals surface area contributed by atoms with Crippen LogP contribution in [0.4, 0.5) is 10.5 Å². The molecule has 1 fully saturated rings. The Hall–Kier alpha value is -6.03. The molecule has 6 aromatic carbocycles. The van der Waals surface area contributed by atoms with Crippen LogP contribution in [0.25, 0.3) is 54.2 Å². The molecular weight excluding hydrogens is 933 g/mol. The van der Waals surface area contributed by atoms with Crippen LogP contribution in [0.1, 0.15) is 218 Å². The van der Waals surface area contributed by atoms with E-state index in [4.69, 9.17) is 4.74 Å². The fourth-order valence-corrected chi connectivity index (χ4v) is 12.7. The summed E-state index contributed by atoms with van der Waals surface area (Å²) < 4.78 is 5.68. The van der Waals surface area contributed by atoms with Gasteiger partial charge in [-0.05, 0) is 126 Å². The molecule has 0 saturated carbocycles. The monoisotopic (exact) mass is 1010 g/mol. The molecule has 3 aliphatic rings. The van der Waals surface area contributed by atoms with E-state index in [2.05, 4.69) is 62.9 Å². The Labute approximate surface area is 445 Å². The zero-order valence-corrected chi connectivity index (χ0v) is 46.2. The first-order valence-electron chi connectivity index (χ1n) is 29.1. The average molecular weight is 1020 g/mol. The second-order valence-electron chi connectivity index (χ2n) is 23.0. The summed E-state index contributed by atoms with van der Waals surface area (Å²) >= 11 is 0. The van der Waals surface area contributed by atoms with Crippen molar-refractivity contribution in [3.63, 3.8) is 0 Å². The van der Waals surface area contributed by atoms with Crippen molar-refractivity contribution < 1.29 is 28.7 Å². The smallest absolute Gasteiger partial charge is 0.410 e. The van der Waals surface area contributed by atoms with Crippen molar-refractivity contribution in [2.75, 3.05) is 31.1 Å². The summed E-state index contributed by atoms with van der Waals surface area (Å²) in [6.45, 7) is 16.9. The first-order valence-corrected chi connectivity index (χ1v) is 29.1. The highest BCUT2D eigenvalue weighted by Gasteiger charge is 2.41. The molecule has 0 radical (unpaired) electrons. The van der Waals surface area contributed by atoms with E-state index in [1.807, 2.05) is 57.2 Å². The van der Waals surface area contributed by atoms with Crippen molar-refractivity contribution in [2.24, 2.45) is 0 Å². The minimum absolute atomic E-state index is 0.170. The molecule has 0 atom stereocenters. The van der Waals surface area contributed by atoms with E-state index in [0.717, 1.165) is 178 Å². The number of amides is 5. The zero-order chi connectivity index (χ0) is 53.0. The number of anilines is 1. The number of hydrogen-bond donors (Lipinski definition) is 0. The summed E-state index contributed by atoms with van der Waals surface area (Å²) in [5, 5.41) is 6.65. The Bertz CT molecular complexity index is 3010. The molecule has 10 heteroatoms. The van der Waals surface area contributed by atoms with Crippen LogP contribution in [-0.2, 0) is 4.74 Å². The fraction of sp³-hybridized carbons (Fsp3) is 0.523. The van der Waals surface area contributed by atoms with Gasteiger partial charge in [0.1, 0.15) is 5.60 Å². The summed E-state index contributed by atoms with van der Waals surface area (Å²) in [5.74, 6) is -0.905. The molecule has 9 rings (SSSR count). The maximum absolute atomic E-state index is 15.5. The summed E-state index contributed by atoms with van der Waals surface area (Å²) in [6.07, 6.45) is 20.0. The molecule has 398 valence electrons. The van der Waals surface area contributed by atoms with E-state index in [9.17, 15) is 4.79 Å². The van der Waals surface area contributed by atoms with Gasteiger partial charge in [-0.15, -0.1) is 0 Å². The summed E-state index contributed by atoms with van der Waals surface area (Å²) in [6, 6.07) is 22.1. The molecule has 3 heterocycles. The van der Waals surface area contributed by atoms with Gasteiger partial charge in [-0.2, -0.15) is 0 Å². The first kappa shape index (κ1) is 53.8. The Morgan fingerprint density at radius 3 is 1.31 bits per heavy atom. The second kappa shape index (κ2) is 23.5. The van der Waals surface area contributed by atoms with Crippen LogP contribution in [0.2, 0.25) is 0 Å². The Morgan fingerprint density at radius 2 is 0.867 bits per heavy atom. The highest BCUT2D eigenvalue weighted by Crippen LogP contribution is 2.50. The van der Waals surface area contributed by atoms with Crippen LogP contribution in [0.15, 0.2) is 66.7 Å². The largest absolute Gasteiger partial charge is 0.444 e. The molecule has 0 bridgehead atoms. The van der Waals surface area contributed by atoms with Crippen molar-refractivity contribution in [1.82, 2.24) is 14.7 Å². The minimum atomic E-state index is -0.566. The number of hydrogen-bond acceptors (Lipinski definition) is 7. The van der Waals surface area contributed by atoms with E-state index < -0.39 is 5.60 Å². The molecule has 10 nitrogen and oxygen atoms in total. The molecule has 3 aliphatic heterocycles. The quantitative estimate of drug-likeness (QED) is 0.0257. The number of carbonyl (C=O) groups is 5. The zero-order valence-electron chi connectivity index (χ0n) is 46.2. The minimum Gasteiger partial charge on any atom is -0.444 e. The van der Waals surface area contributed by atoms with Crippen LogP contribution >= 0.6 is 0 Å². The second-order valence-corrected chi connectivity index (χ2v) is 23.0. The SMILES string of the molecule is CCCCCCC(CCCCCC)N1C(=O)c2ccc3c4ccc5c6c(cc(-c7ccc(N8CCN(C(=O)OC(C)(C)C)CC8)cc7)c(c7ccc(c2c37)C1=O)c64)C(=O)N(C(CCCCCC)CCCCCC)C5=O. The van der Waals surface area contributed by atoms with Crippen molar-refractivity contribution in [1.29, 1.82) is 0 Å². The third kappa shape index (κ3) is 10.7. The Balaban J connectivity index is 1.18. The summed E-state index contributed by atoms with van der Waals surface area (Å²) in [7, 11) is 0. The highest BCUT2D eigenvalue weighted by molar-refractivity contribution is 6.43. The van der Waals surface area contributed by atoms with E-state index in [0.29, 0.717) is 59.2 Å². The van der Waals surface area contributed by atoms with Crippen molar-refractivity contribution in [3.05, 3.63) is 89.0 Å². The lowest BCUT2D eigenvalue weighted by molar-refractivity contribution is 0.0239. The number of benzene rings is 6. The van der Waals surface area contributed by atoms with Gasteiger partial charge in [-0.1, -0.05) is 161 Å². The van der Waals surface area contributed by atoms with Gasteiger partial charge in [0, 0.05) is 77.0 Å². The third-order valence-electron chi connectivity index (χ3n) is 16.6. The molecule has 5 amide bonds. The van der Waals surface area contributed by atoms with Crippen LogP contribution in [0.5, 0.6) is 0 Å². The molecule has 0 aromatic heterocycles. The summed E-state index contributed by atoms with van der Waals surface area (Å²) in [4.78, 5) is 80.9. The number of nitrogens with zero attached hydrogens (tertiary/aromatic N) is 4. The predicted octanol–water partition coefficient (Wildman–Crippen LogP) is 16.3. The molecule has 0 spiro atoms. The van der Waals surface area contributed by atoms with Gasteiger partial charge in [0.2, 0.25) is 0 Å². The maximum Gasteiger partial charge on any atom is 0.410 e. The molecule has 0 unspecified atom stereocenters. The lowest BCUT2D eigenvalue weighted by atomic mass is 9.79. The molecule has 1 saturated heterocycles. The first-order chi connectivity index (χ1) is 36.3. The van der Waals surface area contributed by atoms with E-state index in [1.54, 1.807) is 14.7 Å². The van der Waals surface area contributed by atoms with Crippen LogP contribution < -0.4 is 4.90 Å². The number of carbonyl (C=O) groups excluding carboxylic acids is 5. The van der Waals surface area contributed by atoms with Gasteiger partial charge in [-0.3, -0.25) is 29.0 Å². The summed E-state index contributed by atoms with van der Waals surface area (Å²) in [5.41, 5.74) is 4.42. The fourth-order valence-electron chi connectivity index (χ4n) is 12.7. The number of piperazine rings is 1. The normalized spacial score (nSPS) is 15.2. The van der Waals surface area contributed by atoms with Crippen LogP contribution in [0, 0.1) is 0 Å². The predicted molar refractivity (Wildman–Crippen MR) is 307 cm³/mol. The van der Waals surface area contributed by atoms with Crippen molar-refractivity contribution in [3.8, 4) is 11.1 Å². The van der Waals surface area contributed by atoms with E-state index in [-0.39, 0.29) is 41.8 Å².